The molecule has 0 N–H and O–H groups in total. The number of amides is 1. The van der Waals surface area contributed by atoms with Gasteiger partial charge in [0.05, 0.1) is 16.8 Å². The number of carbonyl (C=O) groups excluding carboxylic acids is 1. The molecule has 3 aromatic rings. The van der Waals surface area contributed by atoms with Gasteiger partial charge in [-0.25, -0.2) is 4.98 Å². The van der Waals surface area contributed by atoms with Gasteiger partial charge in [0.15, 0.2) is 10.8 Å². The number of aryl methyl sites for hydroxylation is 1. The number of methoxy groups -OCH3 is 1. The van der Waals surface area contributed by atoms with Crippen LogP contribution in [0.1, 0.15) is 22.7 Å². The number of hydrogen-bond acceptors (Lipinski definition) is 7. The van der Waals surface area contributed by atoms with Crippen molar-refractivity contribution in [2.75, 3.05) is 39.2 Å². The largest absolute Gasteiger partial charge is 0.494 e. The van der Waals surface area contributed by atoms with Gasteiger partial charge in [-0.3, -0.25) is 9.69 Å². The molecule has 1 amide bonds. The number of ether oxygens (including phenoxy) is 1. The highest BCUT2D eigenvalue weighted by Gasteiger charge is 2.25. The summed E-state index contributed by atoms with van der Waals surface area (Å²) in [6, 6.07) is 5.17. The van der Waals surface area contributed by atoms with E-state index in [0.29, 0.717) is 33.7 Å². The number of aromatic nitrogens is 2. The van der Waals surface area contributed by atoms with Gasteiger partial charge in [-0.15, -0.1) is 12.4 Å². The normalized spacial score (nSPS) is 10.9. The molecule has 0 bridgehead atoms. The fourth-order valence-electron chi connectivity index (χ4n) is 2.66. The van der Waals surface area contributed by atoms with Crippen molar-refractivity contribution in [1.29, 1.82) is 0 Å². The lowest BCUT2D eigenvalue weighted by molar-refractivity contribution is 0.0977. The summed E-state index contributed by atoms with van der Waals surface area (Å²) in [5.74, 6) is 0.954. The van der Waals surface area contributed by atoms with Crippen molar-refractivity contribution >= 4 is 56.6 Å². The third-order valence-corrected chi connectivity index (χ3v) is 5.52. The maximum absolute atomic E-state index is 13.0. The Morgan fingerprint density at radius 1 is 1.32 bits per heavy atom. The van der Waals surface area contributed by atoms with Crippen LogP contribution in [0.5, 0.6) is 5.75 Å². The molecule has 0 radical (unpaired) electrons. The number of rotatable bonds is 7. The van der Waals surface area contributed by atoms with Gasteiger partial charge in [-0.05, 0) is 46.1 Å². The predicted molar refractivity (Wildman–Crippen MR) is 115 cm³/mol. The summed E-state index contributed by atoms with van der Waals surface area (Å²) in [6.07, 6.45) is 0.788. The Bertz CT molecular complexity index is 958. The fourth-order valence-corrected chi connectivity index (χ4v) is 3.94. The minimum absolute atomic E-state index is 0. The summed E-state index contributed by atoms with van der Waals surface area (Å²) in [5, 5.41) is 4.99. The van der Waals surface area contributed by atoms with Gasteiger partial charge < -0.3 is 14.2 Å². The van der Waals surface area contributed by atoms with Crippen molar-refractivity contribution in [1.82, 2.24) is 15.0 Å². The molecule has 0 aliphatic carbocycles. The summed E-state index contributed by atoms with van der Waals surface area (Å²) in [6.45, 7) is 3.10. The van der Waals surface area contributed by atoms with Crippen molar-refractivity contribution in [3.05, 3.63) is 34.7 Å². The Labute approximate surface area is 178 Å². The lowest BCUT2D eigenvalue weighted by Gasteiger charge is -2.19. The Kier molecular flexibility index (Phi) is 7.65. The average Bonchev–Trinajstić information content (AvgIpc) is 3.25. The monoisotopic (exact) mass is 444 g/mol. The van der Waals surface area contributed by atoms with E-state index in [1.165, 1.54) is 11.3 Å². The molecule has 10 heteroatoms. The number of benzene rings is 1. The molecule has 0 saturated carbocycles. The van der Waals surface area contributed by atoms with Crippen molar-refractivity contribution < 1.29 is 14.1 Å². The van der Waals surface area contributed by atoms with Crippen LogP contribution in [0.2, 0.25) is 5.02 Å². The Balaban J connectivity index is 0.00000280. The lowest BCUT2D eigenvalue weighted by atomic mass is 10.3. The van der Waals surface area contributed by atoms with Crippen molar-refractivity contribution in [3.63, 3.8) is 0 Å². The zero-order valence-corrected chi connectivity index (χ0v) is 18.5. The molecule has 152 valence electrons. The molecule has 0 spiro atoms. The third-order valence-electron chi connectivity index (χ3n) is 3.98. The van der Waals surface area contributed by atoms with Crippen molar-refractivity contribution in [3.8, 4) is 5.75 Å². The van der Waals surface area contributed by atoms with Gasteiger partial charge in [0.2, 0.25) is 0 Å². The molecule has 7 nitrogen and oxygen atoms in total. The number of nitrogens with zero attached hydrogens (tertiary/aromatic N) is 4. The fraction of sp³-hybridized carbons (Fsp3) is 0.389. The minimum atomic E-state index is -0.250. The van der Waals surface area contributed by atoms with Crippen LogP contribution in [0.4, 0.5) is 5.13 Å². The molecule has 2 heterocycles. The number of halogens is 2. The van der Waals surface area contributed by atoms with E-state index in [1.54, 1.807) is 37.1 Å². The summed E-state index contributed by atoms with van der Waals surface area (Å²) in [7, 11) is 5.57. The molecule has 0 aliphatic rings. The van der Waals surface area contributed by atoms with E-state index >= 15 is 0 Å². The Hall–Kier alpha value is -1.87. The number of anilines is 1. The lowest BCUT2D eigenvalue weighted by Crippen LogP contribution is -2.33. The van der Waals surface area contributed by atoms with E-state index < -0.39 is 0 Å². The van der Waals surface area contributed by atoms with E-state index in [9.17, 15) is 4.79 Å². The van der Waals surface area contributed by atoms with Crippen LogP contribution in [-0.2, 0) is 0 Å². The highest BCUT2D eigenvalue weighted by Crippen LogP contribution is 2.39. The predicted octanol–water partition coefficient (Wildman–Crippen LogP) is 4.28. The first-order valence-corrected chi connectivity index (χ1v) is 9.63. The molecular weight excluding hydrogens is 423 g/mol. The highest BCUT2D eigenvalue weighted by atomic mass is 35.5. The summed E-state index contributed by atoms with van der Waals surface area (Å²) < 4.78 is 11.2. The SMILES string of the molecule is COc1ccc(Cl)c2sc(N(CCCN(C)C)C(=O)c3cc(C)on3)nc12.Cl. The van der Waals surface area contributed by atoms with Crippen LogP contribution in [0, 0.1) is 6.92 Å². The average molecular weight is 445 g/mol. The smallest absolute Gasteiger partial charge is 0.282 e. The summed E-state index contributed by atoms with van der Waals surface area (Å²) >= 11 is 7.69. The molecule has 1 aromatic carbocycles. The third kappa shape index (κ3) is 4.75. The first kappa shape index (κ1) is 22.4. The minimum Gasteiger partial charge on any atom is -0.494 e. The van der Waals surface area contributed by atoms with Gasteiger partial charge in [-0.1, -0.05) is 28.1 Å². The number of carbonyl (C=O) groups is 1. The topological polar surface area (TPSA) is 71.7 Å². The molecule has 28 heavy (non-hydrogen) atoms. The first-order chi connectivity index (χ1) is 12.9. The molecule has 0 unspecified atom stereocenters. The number of hydrogen-bond donors (Lipinski definition) is 0. The van der Waals surface area contributed by atoms with Crippen LogP contribution >= 0.6 is 35.3 Å². The maximum Gasteiger partial charge on any atom is 0.282 e. The van der Waals surface area contributed by atoms with Crippen molar-refractivity contribution in [2.45, 2.75) is 13.3 Å². The second-order valence-electron chi connectivity index (χ2n) is 6.36. The van der Waals surface area contributed by atoms with Crippen LogP contribution in [-0.4, -0.2) is 55.2 Å². The van der Waals surface area contributed by atoms with Crippen LogP contribution in [0.15, 0.2) is 22.7 Å². The van der Waals surface area contributed by atoms with Gasteiger partial charge in [-0.2, -0.15) is 0 Å². The quantitative estimate of drug-likeness (QED) is 0.541. The summed E-state index contributed by atoms with van der Waals surface area (Å²) in [5.41, 5.74) is 0.904. The van der Waals surface area contributed by atoms with Gasteiger partial charge in [0, 0.05) is 12.6 Å². The van der Waals surface area contributed by atoms with E-state index in [0.717, 1.165) is 17.7 Å². The second kappa shape index (κ2) is 9.56. The number of thiazole rings is 1. The molecule has 0 saturated heterocycles. The van der Waals surface area contributed by atoms with E-state index in [-0.39, 0.29) is 24.0 Å². The first-order valence-electron chi connectivity index (χ1n) is 8.43. The Morgan fingerprint density at radius 3 is 2.68 bits per heavy atom. The zero-order chi connectivity index (χ0) is 19.6. The van der Waals surface area contributed by atoms with E-state index in [2.05, 4.69) is 15.0 Å². The van der Waals surface area contributed by atoms with E-state index in [1.807, 2.05) is 14.1 Å². The molecule has 0 atom stereocenters. The second-order valence-corrected chi connectivity index (χ2v) is 7.74. The zero-order valence-electron chi connectivity index (χ0n) is 16.1. The highest BCUT2D eigenvalue weighted by molar-refractivity contribution is 7.23. The van der Waals surface area contributed by atoms with Crippen LogP contribution in [0.3, 0.4) is 0 Å². The van der Waals surface area contributed by atoms with Gasteiger partial charge >= 0.3 is 0 Å². The standard InChI is InChI=1S/C18H21ClN4O3S.ClH/c1-11-10-13(21-26-11)17(24)23(9-5-8-22(2)3)18-20-15-14(25-4)7-6-12(19)16(15)27-18;/h6-7,10H,5,8-9H2,1-4H3;1H. The Morgan fingerprint density at radius 2 is 2.07 bits per heavy atom. The molecule has 0 aliphatic heterocycles. The maximum atomic E-state index is 13.0. The van der Waals surface area contributed by atoms with Crippen molar-refractivity contribution in [2.24, 2.45) is 0 Å². The van der Waals surface area contributed by atoms with Crippen LogP contribution in [0.25, 0.3) is 10.2 Å². The summed E-state index contributed by atoms with van der Waals surface area (Å²) in [4.78, 5) is 21.4. The molecule has 2 aromatic heterocycles. The van der Waals surface area contributed by atoms with Crippen LogP contribution < -0.4 is 9.64 Å². The van der Waals surface area contributed by atoms with E-state index in [4.69, 9.17) is 20.9 Å². The van der Waals surface area contributed by atoms with Gasteiger partial charge in [0.1, 0.15) is 17.0 Å². The molecular formula is C18H22Cl2N4O3S. The number of fused-ring (bicyclic) bond motifs is 1. The molecule has 0 fully saturated rings. The molecule has 3 rings (SSSR count). The van der Waals surface area contributed by atoms with Gasteiger partial charge in [0.25, 0.3) is 5.91 Å².